The summed E-state index contributed by atoms with van der Waals surface area (Å²) in [6, 6.07) is 6.38. The van der Waals surface area contributed by atoms with Crippen LogP contribution in [0.1, 0.15) is 46.4 Å². The van der Waals surface area contributed by atoms with Gasteiger partial charge in [0.25, 0.3) is 5.91 Å². The smallest absolute Gasteiger partial charge is 0.256 e. The highest BCUT2D eigenvalue weighted by Gasteiger charge is 2.33. The second-order valence-electron chi connectivity index (χ2n) is 6.97. The van der Waals surface area contributed by atoms with E-state index in [-0.39, 0.29) is 12.1 Å². The van der Waals surface area contributed by atoms with E-state index in [2.05, 4.69) is 45.3 Å². The van der Waals surface area contributed by atoms with Crippen molar-refractivity contribution in [1.82, 2.24) is 10.2 Å². The van der Waals surface area contributed by atoms with Gasteiger partial charge in [-0.1, -0.05) is 6.07 Å². The van der Waals surface area contributed by atoms with Crippen molar-refractivity contribution in [2.45, 2.75) is 39.0 Å². The summed E-state index contributed by atoms with van der Waals surface area (Å²) in [6.45, 7) is 6.39. The van der Waals surface area contributed by atoms with Crippen molar-refractivity contribution >= 4 is 38.2 Å². The number of nitrogens with zero attached hydrogens (tertiary/aromatic N) is 1. The zero-order valence-electron chi connectivity index (χ0n) is 15.1. The maximum absolute atomic E-state index is 12.8. The molecule has 5 nitrogen and oxygen atoms in total. The summed E-state index contributed by atoms with van der Waals surface area (Å²) in [5.74, 6) is 0.795. The number of thiophene rings is 1. The van der Waals surface area contributed by atoms with Crippen LogP contribution in [0.3, 0.4) is 0 Å². The van der Waals surface area contributed by atoms with Gasteiger partial charge in [0.2, 0.25) is 0 Å². The lowest BCUT2D eigenvalue weighted by Gasteiger charge is -2.31. The van der Waals surface area contributed by atoms with Crippen LogP contribution >= 0.6 is 27.3 Å². The molecule has 0 spiro atoms. The largest absolute Gasteiger partial charge is 0.496 e. The van der Waals surface area contributed by atoms with Gasteiger partial charge in [0, 0.05) is 24.0 Å². The molecule has 1 atom stereocenters. The van der Waals surface area contributed by atoms with Crippen LogP contribution < -0.4 is 15.4 Å². The maximum atomic E-state index is 12.8. The molecule has 2 aliphatic rings. The summed E-state index contributed by atoms with van der Waals surface area (Å²) in [4.78, 5) is 16.6. The molecule has 4 rings (SSSR count). The van der Waals surface area contributed by atoms with Crippen LogP contribution in [-0.4, -0.2) is 30.5 Å². The molecule has 0 saturated heterocycles. The standard InChI is InChI=1S/C19H22BrN3O2S/c1-10(2)23-7-6-12-15(9-23)26-19-16(12)18(24)21-17(22-19)11-4-5-14(25-3)13(20)8-11/h4-5,8,10,17,22H,6-7,9H2,1-3H3,(H,21,24). The summed E-state index contributed by atoms with van der Waals surface area (Å²) in [6.07, 6.45) is 0.700. The number of ether oxygens (including phenoxy) is 1. The van der Waals surface area contributed by atoms with Crippen LogP contribution in [0.25, 0.3) is 0 Å². The number of nitrogens with one attached hydrogen (secondary N) is 2. The first-order valence-electron chi connectivity index (χ1n) is 8.77. The second-order valence-corrected chi connectivity index (χ2v) is 8.93. The van der Waals surface area contributed by atoms with Crippen molar-refractivity contribution in [1.29, 1.82) is 0 Å². The van der Waals surface area contributed by atoms with Crippen molar-refractivity contribution in [3.8, 4) is 5.75 Å². The molecule has 1 aromatic heterocycles. The number of anilines is 1. The van der Waals surface area contributed by atoms with Gasteiger partial charge in [-0.05, 0) is 59.5 Å². The Balaban J connectivity index is 1.63. The van der Waals surface area contributed by atoms with Gasteiger partial charge in [-0.2, -0.15) is 0 Å². The molecule has 138 valence electrons. The molecule has 2 aromatic rings. The molecule has 1 unspecified atom stereocenters. The van der Waals surface area contributed by atoms with Crippen LogP contribution in [0.5, 0.6) is 5.75 Å². The molecular formula is C19H22BrN3O2S. The van der Waals surface area contributed by atoms with Gasteiger partial charge >= 0.3 is 0 Å². The number of fused-ring (bicyclic) bond motifs is 3. The third kappa shape index (κ3) is 3.02. The third-order valence-electron chi connectivity index (χ3n) is 5.10. The Bertz CT molecular complexity index is 865. The predicted octanol–water partition coefficient (Wildman–Crippen LogP) is 4.14. The molecule has 26 heavy (non-hydrogen) atoms. The highest BCUT2D eigenvalue weighted by Crippen LogP contribution is 2.41. The topological polar surface area (TPSA) is 53.6 Å². The number of rotatable bonds is 3. The van der Waals surface area contributed by atoms with E-state index in [1.165, 1.54) is 10.4 Å². The Kier molecular flexibility index (Phi) is 4.71. The fraction of sp³-hybridized carbons (Fsp3) is 0.421. The van der Waals surface area contributed by atoms with E-state index in [4.69, 9.17) is 4.74 Å². The molecule has 2 N–H and O–H groups in total. The number of hydrogen-bond acceptors (Lipinski definition) is 5. The zero-order chi connectivity index (χ0) is 18.4. The van der Waals surface area contributed by atoms with Crippen LogP contribution in [0, 0.1) is 0 Å². The molecule has 2 aliphatic heterocycles. The fourth-order valence-electron chi connectivity index (χ4n) is 3.61. The highest BCUT2D eigenvalue weighted by atomic mass is 79.9. The number of amides is 1. The van der Waals surface area contributed by atoms with E-state index in [0.29, 0.717) is 6.04 Å². The van der Waals surface area contributed by atoms with Crippen molar-refractivity contribution in [2.75, 3.05) is 19.0 Å². The zero-order valence-corrected chi connectivity index (χ0v) is 17.5. The van der Waals surface area contributed by atoms with E-state index in [1.54, 1.807) is 18.4 Å². The van der Waals surface area contributed by atoms with Gasteiger partial charge in [-0.25, -0.2) is 0 Å². The van der Waals surface area contributed by atoms with Crippen molar-refractivity contribution < 1.29 is 9.53 Å². The van der Waals surface area contributed by atoms with Gasteiger partial charge in [0.15, 0.2) is 0 Å². The van der Waals surface area contributed by atoms with E-state index in [1.807, 2.05) is 18.2 Å². The van der Waals surface area contributed by atoms with Crippen LogP contribution in [-0.2, 0) is 13.0 Å². The highest BCUT2D eigenvalue weighted by molar-refractivity contribution is 9.10. The SMILES string of the molecule is COc1ccc(C2NC(=O)c3c(sc4c3CCN(C(C)C)C4)N2)cc1Br. The van der Waals surface area contributed by atoms with Crippen LogP contribution in [0.15, 0.2) is 22.7 Å². The molecule has 7 heteroatoms. The Hall–Kier alpha value is -1.57. The number of halogens is 1. The Morgan fingerprint density at radius 2 is 2.15 bits per heavy atom. The van der Waals surface area contributed by atoms with Gasteiger partial charge in [0.05, 0.1) is 17.1 Å². The molecule has 0 aliphatic carbocycles. The van der Waals surface area contributed by atoms with E-state index < -0.39 is 0 Å². The molecule has 0 bridgehead atoms. The van der Waals surface area contributed by atoms with Crippen LogP contribution in [0.4, 0.5) is 5.00 Å². The number of methoxy groups -OCH3 is 1. The summed E-state index contributed by atoms with van der Waals surface area (Å²) in [5.41, 5.74) is 3.06. The lowest BCUT2D eigenvalue weighted by molar-refractivity contribution is 0.0934. The third-order valence-corrected chi connectivity index (χ3v) is 6.87. The Morgan fingerprint density at radius 3 is 2.85 bits per heavy atom. The minimum atomic E-state index is -0.237. The molecular weight excluding hydrogens is 414 g/mol. The minimum Gasteiger partial charge on any atom is -0.496 e. The van der Waals surface area contributed by atoms with E-state index in [9.17, 15) is 4.79 Å². The fourth-order valence-corrected chi connectivity index (χ4v) is 5.46. The number of carbonyl (C=O) groups excluding carboxylic acids is 1. The number of benzene rings is 1. The van der Waals surface area contributed by atoms with E-state index >= 15 is 0 Å². The lowest BCUT2D eigenvalue weighted by atomic mass is 9.99. The average molecular weight is 436 g/mol. The van der Waals surface area contributed by atoms with Gasteiger partial charge in [-0.15, -0.1) is 11.3 Å². The second kappa shape index (κ2) is 6.87. The van der Waals surface area contributed by atoms with Crippen molar-refractivity contribution in [2.24, 2.45) is 0 Å². The maximum Gasteiger partial charge on any atom is 0.256 e. The first kappa shape index (κ1) is 17.8. The minimum absolute atomic E-state index is 0.0196. The molecule has 1 amide bonds. The summed E-state index contributed by atoms with van der Waals surface area (Å²) < 4.78 is 6.16. The lowest BCUT2D eigenvalue weighted by Crippen LogP contribution is -2.39. The van der Waals surface area contributed by atoms with Gasteiger partial charge < -0.3 is 15.4 Å². The Morgan fingerprint density at radius 1 is 1.35 bits per heavy atom. The normalized spacial score (nSPS) is 19.6. The van der Waals surface area contributed by atoms with E-state index in [0.717, 1.165) is 45.9 Å². The van der Waals surface area contributed by atoms with Crippen LogP contribution in [0.2, 0.25) is 0 Å². The first-order valence-corrected chi connectivity index (χ1v) is 10.4. The monoisotopic (exact) mass is 435 g/mol. The molecule has 0 radical (unpaired) electrons. The van der Waals surface area contributed by atoms with Crippen molar-refractivity contribution in [3.05, 3.63) is 44.2 Å². The number of carbonyl (C=O) groups is 1. The first-order chi connectivity index (χ1) is 12.5. The molecule has 0 fully saturated rings. The summed E-state index contributed by atoms with van der Waals surface area (Å²) in [5, 5.41) is 7.61. The summed E-state index contributed by atoms with van der Waals surface area (Å²) >= 11 is 5.24. The quantitative estimate of drug-likeness (QED) is 0.760. The summed E-state index contributed by atoms with van der Waals surface area (Å²) in [7, 11) is 1.64. The molecule has 3 heterocycles. The predicted molar refractivity (Wildman–Crippen MR) is 108 cm³/mol. The average Bonchev–Trinajstić information content (AvgIpc) is 2.99. The molecule has 1 aromatic carbocycles. The van der Waals surface area contributed by atoms with Gasteiger partial charge in [0.1, 0.15) is 16.9 Å². The Labute approximate surface area is 165 Å². The van der Waals surface area contributed by atoms with Crippen molar-refractivity contribution in [3.63, 3.8) is 0 Å². The number of hydrogen-bond donors (Lipinski definition) is 2. The van der Waals surface area contributed by atoms with Gasteiger partial charge in [-0.3, -0.25) is 9.69 Å². The molecule has 0 saturated carbocycles.